The van der Waals surface area contributed by atoms with Crippen LogP contribution < -0.4 is 14.4 Å². The lowest BCUT2D eigenvalue weighted by atomic mass is 10.2. The molecule has 29 heavy (non-hydrogen) atoms. The molecule has 2 aromatic carbocycles. The molecule has 0 saturated carbocycles. The molecule has 1 heterocycles. The molecule has 3 rings (SSSR count). The number of carboxylic acids is 1. The van der Waals surface area contributed by atoms with Gasteiger partial charge in [-0.05, 0) is 48.2 Å². The molecule has 150 valence electrons. The molecule has 1 amide bonds. The Balaban J connectivity index is 1.86. The highest BCUT2D eigenvalue weighted by molar-refractivity contribution is 8.27. The fraction of sp³-hybridized carbons (Fsp3) is 0.150. The minimum absolute atomic E-state index is 0.191. The van der Waals surface area contributed by atoms with Gasteiger partial charge in [-0.25, -0.2) is 4.79 Å². The number of carbonyl (C=O) groups is 2. The third-order valence-corrected chi connectivity index (χ3v) is 5.97. The number of aliphatic carboxylic acids is 1. The second-order valence-electron chi connectivity index (χ2n) is 5.81. The Hall–Kier alpha value is -2.49. The van der Waals surface area contributed by atoms with E-state index >= 15 is 0 Å². The fourth-order valence-corrected chi connectivity index (χ4v) is 4.38. The van der Waals surface area contributed by atoms with E-state index in [4.69, 9.17) is 26.8 Å². The van der Waals surface area contributed by atoms with E-state index in [1.165, 1.54) is 23.8 Å². The number of hydrogen-bond acceptors (Lipinski definition) is 7. The maximum Gasteiger partial charge on any atom is 0.341 e. The standard InChI is InChI=1S/C20H17NO5S3/c1-25-16-8-12(6-7-15(16)26-11-18(22)23)9-17-19(24)21(20(27)29-17)13-4-3-5-14(10-13)28-2/h3-10H,11H2,1-2H3,(H,22,23)/b17-9+. The SMILES string of the molecule is COc1cc(/C=C2/SC(=S)N(c3cccc(SC)c3)C2=O)ccc1OCC(=O)O. The first-order valence-electron chi connectivity index (χ1n) is 8.37. The van der Waals surface area contributed by atoms with E-state index in [1.807, 2.05) is 30.5 Å². The molecule has 9 heteroatoms. The molecule has 1 aliphatic heterocycles. The summed E-state index contributed by atoms with van der Waals surface area (Å²) in [6.45, 7) is -0.469. The highest BCUT2D eigenvalue weighted by atomic mass is 32.2. The van der Waals surface area contributed by atoms with E-state index in [0.717, 1.165) is 10.6 Å². The summed E-state index contributed by atoms with van der Waals surface area (Å²) >= 11 is 8.24. The molecule has 0 unspecified atom stereocenters. The summed E-state index contributed by atoms with van der Waals surface area (Å²) in [5.41, 5.74) is 1.45. The van der Waals surface area contributed by atoms with Crippen LogP contribution in [0.4, 0.5) is 5.69 Å². The zero-order valence-electron chi connectivity index (χ0n) is 15.6. The van der Waals surface area contributed by atoms with Gasteiger partial charge in [-0.3, -0.25) is 9.69 Å². The summed E-state index contributed by atoms with van der Waals surface area (Å²) in [6, 6.07) is 12.7. The average molecular weight is 448 g/mol. The van der Waals surface area contributed by atoms with E-state index in [-0.39, 0.29) is 5.91 Å². The number of hydrogen-bond donors (Lipinski definition) is 1. The van der Waals surface area contributed by atoms with E-state index in [0.29, 0.717) is 26.3 Å². The number of methoxy groups -OCH3 is 1. The number of benzene rings is 2. The van der Waals surface area contributed by atoms with Gasteiger partial charge >= 0.3 is 5.97 Å². The van der Waals surface area contributed by atoms with Crippen molar-refractivity contribution in [2.24, 2.45) is 0 Å². The van der Waals surface area contributed by atoms with Gasteiger partial charge in [0.2, 0.25) is 0 Å². The molecule has 6 nitrogen and oxygen atoms in total. The van der Waals surface area contributed by atoms with E-state index in [1.54, 1.807) is 36.0 Å². The Morgan fingerprint density at radius 1 is 1.28 bits per heavy atom. The minimum atomic E-state index is -1.08. The Kier molecular flexibility index (Phi) is 6.83. The van der Waals surface area contributed by atoms with Crippen LogP contribution in [0.25, 0.3) is 6.08 Å². The number of ether oxygens (including phenoxy) is 2. The minimum Gasteiger partial charge on any atom is -0.493 e. The number of nitrogens with zero attached hydrogens (tertiary/aromatic N) is 1. The number of carbonyl (C=O) groups excluding carboxylic acids is 1. The van der Waals surface area contributed by atoms with Gasteiger partial charge in [-0.15, -0.1) is 11.8 Å². The lowest BCUT2D eigenvalue weighted by molar-refractivity contribution is -0.139. The largest absolute Gasteiger partial charge is 0.493 e. The van der Waals surface area contributed by atoms with Crippen LogP contribution in [-0.2, 0) is 9.59 Å². The van der Waals surface area contributed by atoms with Crippen molar-refractivity contribution in [3.63, 3.8) is 0 Å². The molecule has 0 spiro atoms. The topological polar surface area (TPSA) is 76.1 Å². The van der Waals surface area contributed by atoms with Gasteiger partial charge in [0.1, 0.15) is 0 Å². The Bertz CT molecular complexity index is 1010. The maximum atomic E-state index is 12.9. The van der Waals surface area contributed by atoms with Crippen molar-refractivity contribution in [3.05, 3.63) is 52.9 Å². The summed E-state index contributed by atoms with van der Waals surface area (Å²) in [4.78, 5) is 26.7. The van der Waals surface area contributed by atoms with Crippen LogP contribution >= 0.6 is 35.7 Å². The quantitative estimate of drug-likeness (QED) is 0.383. The van der Waals surface area contributed by atoms with Crippen molar-refractivity contribution in [1.82, 2.24) is 0 Å². The number of thiocarbonyl (C=S) groups is 1. The van der Waals surface area contributed by atoms with Gasteiger partial charge in [0.05, 0.1) is 17.7 Å². The van der Waals surface area contributed by atoms with Gasteiger partial charge in [-0.2, -0.15) is 0 Å². The van der Waals surface area contributed by atoms with Crippen molar-refractivity contribution in [3.8, 4) is 11.5 Å². The Labute approximate surface area is 181 Å². The van der Waals surface area contributed by atoms with Crippen LogP contribution in [-0.4, -0.2) is 41.3 Å². The molecule has 1 saturated heterocycles. The monoisotopic (exact) mass is 447 g/mol. The lowest BCUT2D eigenvalue weighted by Gasteiger charge is -2.15. The predicted molar refractivity (Wildman–Crippen MR) is 120 cm³/mol. The zero-order chi connectivity index (χ0) is 21.0. The second-order valence-corrected chi connectivity index (χ2v) is 8.37. The zero-order valence-corrected chi connectivity index (χ0v) is 18.0. The lowest BCUT2D eigenvalue weighted by Crippen LogP contribution is -2.27. The predicted octanol–water partition coefficient (Wildman–Crippen LogP) is 4.29. The van der Waals surface area contributed by atoms with E-state index in [2.05, 4.69) is 0 Å². The van der Waals surface area contributed by atoms with Crippen molar-refractivity contribution in [1.29, 1.82) is 0 Å². The molecule has 0 bridgehead atoms. The van der Waals surface area contributed by atoms with Crippen LogP contribution in [0.15, 0.2) is 52.3 Å². The number of anilines is 1. The number of amides is 1. The maximum absolute atomic E-state index is 12.9. The summed E-state index contributed by atoms with van der Waals surface area (Å²) in [5, 5.41) is 8.75. The van der Waals surface area contributed by atoms with Gasteiger partial charge in [0.25, 0.3) is 5.91 Å². The first-order valence-corrected chi connectivity index (χ1v) is 10.8. The number of carboxylic acid groups (broad SMARTS) is 1. The van der Waals surface area contributed by atoms with Gasteiger partial charge < -0.3 is 14.6 Å². The Morgan fingerprint density at radius 3 is 2.76 bits per heavy atom. The number of rotatable bonds is 7. The van der Waals surface area contributed by atoms with Crippen LogP contribution in [0.5, 0.6) is 11.5 Å². The molecule has 2 aromatic rings. The molecule has 0 atom stereocenters. The first-order chi connectivity index (χ1) is 13.9. The van der Waals surface area contributed by atoms with Crippen molar-refractivity contribution in [2.45, 2.75) is 4.90 Å². The molecular formula is C20H17NO5S3. The summed E-state index contributed by atoms with van der Waals surface area (Å²) < 4.78 is 10.9. The molecule has 1 fully saturated rings. The first kappa shape index (κ1) is 21.2. The normalized spacial score (nSPS) is 15.1. The summed E-state index contributed by atoms with van der Waals surface area (Å²) in [5.74, 6) is -0.578. The van der Waals surface area contributed by atoms with Crippen LogP contribution in [0.1, 0.15) is 5.56 Å². The highest BCUT2D eigenvalue weighted by Gasteiger charge is 2.33. The van der Waals surface area contributed by atoms with Crippen LogP contribution in [0.3, 0.4) is 0 Å². The van der Waals surface area contributed by atoms with Crippen LogP contribution in [0, 0.1) is 0 Å². The van der Waals surface area contributed by atoms with Gasteiger partial charge in [0.15, 0.2) is 22.4 Å². The third kappa shape index (κ3) is 4.92. The second kappa shape index (κ2) is 9.34. The molecular weight excluding hydrogens is 430 g/mol. The average Bonchev–Trinajstić information content (AvgIpc) is 2.99. The van der Waals surface area contributed by atoms with E-state index in [9.17, 15) is 9.59 Å². The van der Waals surface area contributed by atoms with E-state index < -0.39 is 12.6 Å². The molecule has 1 aliphatic rings. The van der Waals surface area contributed by atoms with Crippen molar-refractivity contribution >= 4 is 63.7 Å². The van der Waals surface area contributed by atoms with Crippen molar-refractivity contribution < 1.29 is 24.2 Å². The molecule has 1 N–H and O–H groups in total. The third-order valence-electron chi connectivity index (χ3n) is 3.94. The highest BCUT2D eigenvalue weighted by Crippen LogP contribution is 2.38. The Morgan fingerprint density at radius 2 is 2.07 bits per heavy atom. The van der Waals surface area contributed by atoms with Gasteiger partial charge in [0, 0.05) is 4.90 Å². The number of thioether (sulfide) groups is 2. The smallest absolute Gasteiger partial charge is 0.341 e. The fourth-order valence-electron chi connectivity index (χ4n) is 2.62. The summed E-state index contributed by atoms with van der Waals surface area (Å²) in [7, 11) is 1.46. The molecule has 0 aromatic heterocycles. The van der Waals surface area contributed by atoms with Gasteiger partial charge in [-0.1, -0.05) is 36.1 Å². The summed E-state index contributed by atoms with van der Waals surface area (Å²) in [6.07, 6.45) is 3.70. The van der Waals surface area contributed by atoms with Crippen LogP contribution in [0.2, 0.25) is 0 Å². The molecule has 0 radical (unpaired) electrons. The van der Waals surface area contributed by atoms with Crippen molar-refractivity contribution in [2.75, 3.05) is 24.9 Å². The molecule has 0 aliphatic carbocycles.